The largest absolute Gasteiger partial charge is 0.339 e. The molecule has 25 heavy (non-hydrogen) atoms. The first-order chi connectivity index (χ1) is 12.0. The summed E-state index contributed by atoms with van der Waals surface area (Å²) in [7, 11) is 0. The second-order valence-electron chi connectivity index (χ2n) is 6.49. The van der Waals surface area contributed by atoms with Crippen molar-refractivity contribution in [2.45, 2.75) is 46.5 Å². The summed E-state index contributed by atoms with van der Waals surface area (Å²) >= 11 is 0. The molecular formula is C20H28N4O. The highest BCUT2D eigenvalue weighted by Crippen LogP contribution is 2.19. The summed E-state index contributed by atoms with van der Waals surface area (Å²) in [6.07, 6.45) is 5.08. The number of aromatic nitrogens is 2. The molecule has 1 heterocycles. The number of carbonyl (C=O) groups is 1. The van der Waals surface area contributed by atoms with E-state index in [-0.39, 0.29) is 5.91 Å². The van der Waals surface area contributed by atoms with Crippen LogP contribution >= 0.6 is 0 Å². The van der Waals surface area contributed by atoms with Gasteiger partial charge in [-0.15, -0.1) is 0 Å². The number of amides is 1. The number of hydrogen-bond acceptors (Lipinski definition) is 4. The molecule has 134 valence electrons. The second-order valence-corrected chi connectivity index (χ2v) is 6.49. The van der Waals surface area contributed by atoms with E-state index < -0.39 is 0 Å². The number of hydrogen-bond donors (Lipinski definition) is 1. The molecule has 2 rings (SSSR count). The highest BCUT2D eigenvalue weighted by Gasteiger charge is 2.15. The molecule has 5 nitrogen and oxygen atoms in total. The molecule has 0 spiro atoms. The predicted octanol–water partition coefficient (Wildman–Crippen LogP) is 4.61. The van der Waals surface area contributed by atoms with E-state index >= 15 is 0 Å². The third-order valence-corrected chi connectivity index (χ3v) is 4.01. The third kappa shape index (κ3) is 5.28. The van der Waals surface area contributed by atoms with E-state index in [1.54, 1.807) is 12.4 Å². The lowest BCUT2D eigenvalue weighted by Gasteiger charge is -2.21. The third-order valence-electron chi connectivity index (χ3n) is 4.01. The number of carbonyl (C=O) groups excluding carboxylic acids is 1. The number of anilines is 2. The molecule has 0 aliphatic carbocycles. The van der Waals surface area contributed by atoms with Gasteiger partial charge in [0.1, 0.15) is 0 Å². The van der Waals surface area contributed by atoms with Crippen LogP contribution in [0.3, 0.4) is 0 Å². The van der Waals surface area contributed by atoms with E-state index in [0.717, 1.165) is 31.6 Å². The highest BCUT2D eigenvalue weighted by molar-refractivity contribution is 5.93. The lowest BCUT2D eigenvalue weighted by Crippen LogP contribution is -2.32. The van der Waals surface area contributed by atoms with Crippen molar-refractivity contribution in [3.05, 3.63) is 47.8 Å². The highest BCUT2D eigenvalue weighted by atomic mass is 16.2. The molecule has 1 aromatic heterocycles. The van der Waals surface area contributed by atoms with Crippen molar-refractivity contribution in [1.29, 1.82) is 0 Å². The van der Waals surface area contributed by atoms with E-state index in [4.69, 9.17) is 0 Å². The molecule has 5 heteroatoms. The average molecular weight is 340 g/mol. The molecule has 2 aromatic rings. The van der Waals surface area contributed by atoms with E-state index in [2.05, 4.69) is 55.1 Å². The second kappa shape index (κ2) is 9.16. The lowest BCUT2D eigenvalue weighted by molar-refractivity contribution is 0.0754. The van der Waals surface area contributed by atoms with Gasteiger partial charge < -0.3 is 10.2 Å². The minimum atomic E-state index is -0.00321. The summed E-state index contributed by atoms with van der Waals surface area (Å²) in [6.45, 7) is 10.0. The van der Waals surface area contributed by atoms with Crippen molar-refractivity contribution in [2.24, 2.45) is 0 Å². The van der Waals surface area contributed by atoms with Crippen LogP contribution in [0.5, 0.6) is 0 Å². The Morgan fingerprint density at radius 2 is 1.60 bits per heavy atom. The fraction of sp³-hybridized carbons (Fsp3) is 0.450. The maximum Gasteiger partial charge on any atom is 0.256 e. The maximum absolute atomic E-state index is 12.5. The van der Waals surface area contributed by atoms with Crippen molar-refractivity contribution in [1.82, 2.24) is 14.9 Å². The Morgan fingerprint density at radius 1 is 1.04 bits per heavy atom. The van der Waals surface area contributed by atoms with Crippen LogP contribution in [0.4, 0.5) is 11.6 Å². The Hall–Kier alpha value is -2.43. The molecule has 0 radical (unpaired) electrons. The molecule has 0 aliphatic heterocycles. The molecular weight excluding hydrogens is 312 g/mol. The lowest BCUT2D eigenvalue weighted by atomic mass is 10.0. The summed E-state index contributed by atoms with van der Waals surface area (Å²) in [5.41, 5.74) is 2.75. The molecule has 0 fully saturated rings. The molecule has 1 N–H and O–H groups in total. The van der Waals surface area contributed by atoms with Crippen LogP contribution in [0.1, 0.15) is 62.4 Å². The van der Waals surface area contributed by atoms with Gasteiger partial charge in [0, 0.05) is 31.2 Å². The van der Waals surface area contributed by atoms with Crippen molar-refractivity contribution in [3.63, 3.8) is 0 Å². The van der Waals surface area contributed by atoms with Crippen LogP contribution in [0, 0.1) is 0 Å². The normalized spacial score (nSPS) is 10.8. The standard InChI is InChI=1S/C20H28N4O/c1-5-11-24(12-6-2)19(25)17-13-21-20(22-14-17)23-18-9-7-16(8-10-18)15(3)4/h7-10,13-15H,5-6,11-12H2,1-4H3,(H,21,22,23). The maximum atomic E-state index is 12.5. The zero-order valence-corrected chi connectivity index (χ0v) is 15.6. The van der Waals surface area contributed by atoms with Crippen LogP contribution in [-0.2, 0) is 0 Å². The van der Waals surface area contributed by atoms with Gasteiger partial charge in [-0.25, -0.2) is 9.97 Å². The van der Waals surface area contributed by atoms with Gasteiger partial charge in [-0.2, -0.15) is 0 Å². The molecule has 0 unspecified atom stereocenters. The molecule has 0 saturated heterocycles. The van der Waals surface area contributed by atoms with Crippen LogP contribution < -0.4 is 5.32 Å². The first kappa shape index (κ1) is 18.9. The van der Waals surface area contributed by atoms with Gasteiger partial charge in [-0.1, -0.05) is 39.8 Å². The Labute approximate surface area is 150 Å². The molecule has 0 bridgehead atoms. The number of benzene rings is 1. The SMILES string of the molecule is CCCN(CCC)C(=O)c1cnc(Nc2ccc(C(C)C)cc2)nc1. The first-order valence-electron chi connectivity index (χ1n) is 9.03. The van der Waals surface area contributed by atoms with Crippen molar-refractivity contribution in [2.75, 3.05) is 18.4 Å². The summed E-state index contributed by atoms with van der Waals surface area (Å²) in [6, 6.07) is 8.22. The Bertz CT molecular complexity index is 659. The minimum absolute atomic E-state index is 0.00321. The van der Waals surface area contributed by atoms with Crippen LogP contribution in [0.15, 0.2) is 36.7 Å². The van der Waals surface area contributed by atoms with Crippen LogP contribution in [0.2, 0.25) is 0 Å². The van der Waals surface area contributed by atoms with Gasteiger partial charge in [0.25, 0.3) is 5.91 Å². The molecule has 0 atom stereocenters. The van der Waals surface area contributed by atoms with Gasteiger partial charge in [0.05, 0.1) is 5.56 Å². The fourth-order valence-corrected chi connectivity index (χ4v) is 2.62. The van der Waals surface area contributed by atoms with E-state index in [9.17, 15) is 4.79 Å². The molecule has 0 aliphatic rings. The minimum Gasteiger partial charge on any atom is -0.339 e. The van der Waals surface area contributed by atoms with E-state index in [1.165, 1.54) is 5.56 Å². The zero-order valence-electron chi connectivity index (χ0n) is 15.6. The Balaban J connectivity index is 2.04. The van der Waals surface area contributed by atoms with E-state index in [0.29, 0.717) is 17.4 Å². The number of rotatable bonds is 8. The van der Waals surface area contributed by atoms with Crippen LogP contribution in [0.25, 0.3) is 0 Å². The van der Waals surface area contributed by atoms with Crippen LogP contribution in [-0.4, -0.2) is 33.9 Å². The van der Waals surface area contributed by atoms with Gasteiger partial charge >= 0.3 is 0 Å². The summed E-state index contributed by atoms with van der Waals surface area (Å²) < 4.78 is 0. The van der Waals surface area contributed by atoms with Gasteiger partial charge in [0.2, 0.25) is 5.95 Å². The van der Waals surface area contributed by atoms with Crippen molar-refractivity contribution in [3.8, 4) is 0 Å². The van der Waals surface area contributed by atoms with Crippen molar-refractivity contribution >= 4 is 17.5 Å². The zero-order chi connectivity index (χ0) is 18.2. The quantitative estimate of drug-likeness (QED) is 0.762. The molecule has 0 saturated carbocycles. The topological polar surface area (TPSA) is 58.1 Å². The molecule has 1 amide bonds. The Kier molecular flexibility index (Phi) is 6.92. The van der Waals surface area contributed by atoms with Gasteiger partial charge in [0.15, 0.2) is 0 Å². The molecule has 1 aromatic carbocycles. The summed E-state index contributed by atoms with van der Waals surface area (Å²) in [5, 5.41) is 3.17. The first-order valence-corrected chi connectivity index (χ1v) is 9.03. The summed E-state index contributed by atoms with van der Waals surface area (Å²) in [4.78, 5) is 22.9. The smallest absolute Gasteiger partial charge is 0.256 e. The van der Waals surface area contributed by atoms with Gasteiger partial charge in [-0.05, 0) is 36.5 Å². The predicted molar refractivity (Wildman–Crippen MR) is 102 cm³/mol. The number of nitrogens with one attached hydrogen (secondary N) is 1. The fourth-order valence-electron chi connectivity index (χ4n) is 2.62. The van der Waals surface area contributed by atoms with Gasteiger partial charge in [-0.3, -0.25) is 4.79 Å². The summed E-state index contributed by atoms with van der Waals surface area (Å²) in [5.74, 6) is 0.993. The van der Waals surface area contributed by atoms with E-state index in [1.807, 2.05) is 17.0 Å². The van der Waals surface area contributed by atoms with Crippen molar-refractivity contribution < 1.29 is 4.79 Å². The monoisotopic (exact) mass is 340 g/mol. The Morgan fingerprint density at radius 3 is 2.08 bits per heavy atom. The average Bonchev–Trinajstić information content (AvgIpc) is 2.62. The number of nitrogens with zero attached hydrogens (tertiary/aromatic N) is 3.